The molecule has 0 aromatic rings. The Hall–Kier alpha value is -0.650. The number of hydrogen-bond acceptors (Lipinski definition) is 4. The molecule has 3 atom stereocenters. The van der Waals surface area contributed by atoms with Crippen LogP contribution in [0.3, 0.4) is 0 Å². The van der Waals surface area contributed by atoms with Gasteiger partial charge in [0.25, 0.3) is 0 Å². The molecule has 1 amide bonds. The Bertz CT molecular complexity index is 264. The van der Waals surface area contributed by atoms with E-state index in [2.05, 4.69) is 12.2 Å². The van der Waals surface area contributed by atoms with E-state index >= 15 is 0 Å². The van der Waals surface area contributed by atoms with E-state index < -0.39 is 0 Å². The fourth-order valence-electron chi connectivity index (χ4n) is 2.81. The van der Waals surface area contributed by atoms with E-state index in [1.54, 1.807) is 7.11 Å². The second-order valence-electron chi connectivity index (χ2n) is 5.70. The Morgan fingerprint density at radius 1 is 1.25 bits per heavy atom. The van der Waals surface area contributed by atoms with Crippen molar-refractivity contribution in [1.29, 1.82) is 0 Å². The number of nitrogens with one attached hydrogen (secondary N) is 1. The highest BCUT2D eigenvalue weighted by Crippen LogP contribution is 2.28. The summed E-state index contributed by atoms with van der Waals surface area (Å²) in [7, 11) is 1.66. The summed E-state index contributed by atoms with van der Waals surface area (Å²) < 4.78 is 10.3. The van der Waals surface area contributed by atoms with Crippen LogP contribution in [0.15, 0.2) is 0 Å². The Morgan fingerprint density at radius 2 is 2.05 bits per heavy atom. The predicted molar refractivity (Wildman–Crippen MR) is 79.4 cm³/mol. The molecule has 1 rings (SSSR count). The van der Waals surface area contributed by atoms with Gasteiger partial charge in [0.1, 0.15) is 0 Å². The molecule has 0 aromatic heterocycles. The van der Waals surface area contributed by atoms with Crippen LogP contribution in [0.1, 0.15) is 39.0 Å². The summed E-state index contributed by atoms with van der Waals surface area (Å²) in [4.78, 5) is 12.2. The van der Waals surface area contributed by atoms with Crippen molar-refractivity contribution in [1.82, 2.24) is 5.32 Å². The second kappa shape index (κ2) is 10.1. The van der Waals surface area contributed by atoms with E-state index in [1.165, 1.54) is 0 Å². The standard InChI is InChI=1S/C15H30N2O3/c1-12-6-5-7-13(16)14(12)15(18)17-8-3-4-9-20-11-10-19-2/h12-14H,3-11,16H2,1-2H3,(H,17,18). The molecular weight excluding hydrogens is 256 g/mol. The number of ether oxygens (including phenoxy) is 2. The minimum atomic E-state index is -0.0123. The molecule has 1 fully saturated rings. The van der Waals surface area contributed by atoms with Gasteiger partial charge >= 0.3 is 0 Å². The fourth-order valence-corrected chi connectivity index (χ4v) is 2.81. The lowest BCUT2D eigenvalue weighted by Crippen LogP contribution is -2.47. The number of carbonyl (C=O) groups is 1. The van der Waals surface area contributed by atoms with Gasteiger partial charge in [-0.3, -0.25) is 4.79 Å². The number of unbranched alkanes of at least 4 members (excludes halogenated alkanes) is 1. The van der Waals surface area contributed by atoms with Crippen LogP contribution >= 0.6 is 0 Å². The highest BCUT2D eigenvalue weighted by atomic mass is 16.5. The maximum absolute atomic E-state index is 12.2. The van der Waals surface area contributed by atoms with Crippen molar-refractivity contribution in [3.05, 3.63) is 0 Å². The average molecular weight is 286 g/mol. The molecule has 118 valence electrons. The van der Waals surface area contributed by atoms with E-state index in [4.69, 9.17) is 15.2 Å². The van der Waals surface area contributed by atoms with Gasteiger partial charge in [-0.05, 0) is 31.6 Å². The number of rotatable bonds is 9. The molecule has 5 heteroatoms. The quantitative estimate of drug-likeness (QED) is 0.627. The van der Waals surface area contributed by atoms with Crippen LogP contribution in [0.5, 0.6) is 0 Å². The van der Waals surface area contributed by atoms with Gasteiger partial charge in [-0.2, -0.15) is 0 Å². The summed E-state index contributed by atoms with van der Waals surface area (Å²) >= 11 is 0. The van der Waals surface area contributed by atoms with Crippen molar-refractivity contribution >= 4 is 5.91 Å². The maximum atomic E-state index is 12.2. The smallest absolute Gasteiger partial charge is 0.224 e. The first-order chi connectivity index (χ1) is 9.66. The monoisotopic (exact) mass is 286 g/mol. The molecule has 0 aliphatic heterocycles. The van der Waals surface area contributed by atoms with Crippen LogP contribution < -0.4 is 11.1 Å². The van der Waals surface area contributed by atoms with Gasteiger partial charge in [0, 0.05) is 26.3 Å². The van der Waals surface area contributed by atoms with Crippen LogP contribution in [-0.2, 0) is 14.3 Å². The summed E-state index contributed by atoms with van der Waals surface area (Å²) in [5.74, 6) is 0.517. The van der Waals surface area contributed by atoms with Crippen molar-refractivity contribution < 1.29 is 14.3 Å². The van der Waals surface area contributed by atoms with Gasteiger partial charge in [0.05, 0.1) is 19.1 Å². The summed E-state index contributed by atoms with van der Waals surface area (Å²) in [6.45, 7) is 4.83. The van der Waals surface area contributed by atoms with Gasteiger partial charge in [-0.15, -0.1) is 0 Å². The molecule has 20 heavy (non-hydrogen) atoms. The third-order valence-corrected chi connectivity index (χ3v) is 4.02. The maximum Gasteiger partial charge on any atom is 0.224 e. The SMILES string of the molecule is COCCOCCCCNC(=O)C1C(C)CCCC1N. The lowest BCUT2D eigenvalue weighted by Gasteiger charge is -2.33. The first-order valence-corrected chi connectivity index (χ1v) is 7.76. The van der Waals surface area contributed by atoms with Crippen LogP contribution in [0.25, 0.3) is 0 Å². The zero-order valence-corrected chi connectivity index (χ0v) is 12.9. The van der Waals surface area contributed by atoms with Crippen molar-refractivity contribution in [2.45, 2.75) is 45.1 Å². The number of methoxy groups -OCH3 is 1. The first kappa shape index (κ1) is 17.4. The van der Waals surface area contributed by atoms with Gasteiger partial charge < -0.3 is 20.5 Å². The van der Waals surface area contributed by atoms with Gasteiger partial charge in [-0.25, -0.2) is 0 Å². The Kier molecular flexibility index (Phi) is 8.82. The minimum Gasteiger partial charge on any atom is -0.382 e. The van der Waals surface area contributed by atoms with Crippen LogP contribution in [-0.4, -0.2) is 45.4 Å². The Labute approximate surface area is 122 Å². The summed E-state index contributed by atoms with van der Waals surface area (Å²) in [5, 5.41) is 3.02. The van der Waals surface area contributed by atoms with Crippen LogP contribution in [0.2, 0.25) is 0 Å². The zero-order chi connectivity index (χ0) is 14.8. The normalized spacial score (nSPS) is 26.4. The Balaban J connectivity index is 2.07. The second-order valence-corrected chi connectivity index (χ2v) is 5.70. The molecule has 5 nitrogen and oxygen atoms in total. The molecular formula is C15H30N2O3. The van der Waals surface area contributed by atoms with E-state index in [-0.39, 0.29) is 17.9 Å². The Morgan fingerprint density at radius 3 is 2.75 bits per heavy atom. The van der Waals surface area contributed by atoms with Crippen molar-refractivity contribution in [3.8, 4) is 0 Å². The molecule has 1 saturated carbocycles. The molecule has 1 aliphatic rings. The fraction of sp³-hybridized carbons (Fsp3) is 0.933. The topological polar surface area (TPSA) is 73.6 Å². The number of nitrogens with two attached hydrogens (primary N) is 1. The third kappa shape index (κ3) is 6.20. The first-order valence-electron chi connectivity index (χ1n) is 7.76. The predicted octanol–water partition coefficient (Wildman–Crippen LogP) is 1.31. The summed E-state index contributed by atoms with van der Waals surface area (Å²) in [6, 6.07) is 0.0242. The van der Waals surface area contributed by atoms with E-state index in [0.29, 0.717) is 25.7 Å². The van der Waals surface area contributed by atoms with E-state index in [9.17, 15) is 4.79 Å². The zero-order valence-electron chi connectivity index (χ0n) is 12.9. The van der Waals surface area contributed by atoms with E-state index in [1.807, 2.05) is 0 Å². The summed E-state index contributed by atoms with van der Waals surface area (Å²) in [5.41, 5.74) is 6.08. The molecule has 1 aliphatic carbocycles. The van der Waals surface area contributed by atoms with Crippen molar-refractivity contribution in [2.24, 2.45) is 17.6 Å². The third-order valence-electron chi connectivity index (χ3n) is 4.02. The molecule has 3 N–H and O–H groups in total. The highest BCUT2D eigenvalue weighted by molar-refractivity contribution is 5.79. The largest absolute Gasteiger partial charge is 0.382 e. The van der Waals surface area contributed by atoms with Gasteiger partial charge in [0.15, 0.2) is 0 Å². The molecule has 0 heterocycles. The molecule has 0 radical (unpaired) electrons. The van der Waals surface area contributed by atoms with Crippen molar-refractivity contribution in [2.75, 3.05) is 33.5 Å². The molecule has 0 saturated heterocycles. The molecule has 0 bridgehead atoms. The molecule has 3 unspecified atom stereocenters. The van der Waals surface area contributed by atoms with E-state index in [0.717, 1.165) is 38.7 Å². The molecule has 0 spiro atoms. The summed E-state index contributed by atoms with van der Waals surface area (Å²) in [6.07, 6.45) is 5.12. The number of carbonyl (C=O) groups excluding carboxylic acids is 1. The van der Waals surface area contributed by atoms with Crippen molar-refractivity contribution in [3.63, 3.8) is 0 Å². The number of amides is 1. The van der Waals surface area contributed by atoms with Crippen LogP contribution in [0, 0.1) is 11.8 Å². The molecule has 0 aromatic carbocycles. The lowest BCUT2D eigenvalue weighted by molar-refractivity contribution is -0.128. The van der Waals surface area contributed by atoms with Crippen LogP contribution in [0.4, 0.5) is 0 Å². The van der Waals surface area contributed by atoms with Gasteiger partial charge in [0.2, 0.25) is 5.91 Å². The lowest BCUT2D eigenvalue weighted by atomic mass is 9.76. The van der Waals surface area contributed by atoms with Gasteiger partial charge in [-0.1, -0.05) is 13.3 Å². The number of hydrogen-bond donors (Lipinski definition) is 2. The average Bonchev–Trinajstić information content (AvgIpc) is 2.41. The minimum absolute atomic E-state index is 0.0123. The highest BCUT2D eigenvalue weighted by Gasteiger charge is 2.33.